The van der Waals surface area contributed by atoms with Gasteiger partial charge < -0.3 is 10.0 Å². The number of hydrogen-bond donors (Lipinski definition) is 1. The number of carbonyl (C=O) groups is 2. The van der Waals surface area contributed by atoms with Crippen molar-refractivity contribution in [3.63, 3.8) is 0 Å². The summed E-state index contributed by atoms with van der Waals surface area (Å²) >= 11 is 0. The maximum absolute atomic E-state index is 12.3. The number of aromatic carboxylic acids is 1. The highest BCUT2D eigenvalue weighted by Crippen LogP contribution is 2.12. The van der Waals surface area contributed by atoms with E-state index in [2.05, 4.69) is 10.2 Å². The fourth-order valence-corrected chi connectivity index (χ4v) is 1.95. The topological polar surface area (TPSA) is 93.3 Å². The van der Waals surface area contributed by atoms with Gasteiger partial charge in [-0.15, -0.1) is 0 Å². The zero-order valence-electron chi connectivity index (χ0n) is 11.4. The average Bonchev–Trinajstić information content (AvgIpc) is 2.94. The normalized spacial score (nSPS) is 10.6. The molecule has 2 aromatic rings. The number of rotatable bonds is 4. The van der Waals surface area contributed by atoms with E-state index in [9.17, 15) is 9.59 Å². The lowest BCUT2D eigenvalue weighted by Crippen LogP contribution is -2.27. The van der Waals surface area contributed by atoms with Crippen molar-refractivity contribution in [1.82, 2.24) is 24.5 Å². The second-order valence-corrected chi connectivity index (χ2v) is 4.52. The van der Waals surface area contributed by atoms with Crippen LogP contribution in [0.2, 0.25) is 0 Å². The molecule has 0 fully saturated rings. The standard InChI is InChI=1S/C12H15N5O3/c1-15(6-8-4-13-16(2)7-8)11(18)9-5-14-17(3)10(9)12(19)20/h4-5,7H,6H2,1-3H3,(H,19,20). The smallest absolute Gasteiger partial charge is 0.354 e. The number of carboxylic acids is 1. The van der Waals surface area contributed by atoms with Gasteiger partial charge in [0.1, 0.15) is 0 Å². The predicted molar refractivity (Wildman–Crippen MR) is 69.2 cm³/mol. The fourth-order valence-electron chi connectivity index (χ4n) is 1.95. The molecular formula is C12H15N5O3. The third-order valence-electron chi connectivity index (χ3n) is 2.90. The van der Waals surface area contributed by atoms with Crippen molar-refractivity contribution in [2.75, 3.05) is 7.05 Å². The Morgan fingerprint density at radius 1 is 1.30 bits per heavy atom. The van der Waals surface area contributed by atoms with Crippen LogP contribution >= 0.6 is 0 Å². The molecule has 20 heavy (non-hydrogen) atoms. The van der Waals surface area contributed by atoms with Crippen molar-refractivity contribution >= 4 is 11.9 Å². The minimum Gasteiger partial charge on any atom is -0.477 e. The van der Waals surface area contributed by atoms with Gasteiger partial charge in [-0.05, 0) is 0 Å². The zero-order valence-corrected chi connectivity index (χ0v) is 11.4. The summed E-state index contributed by atoms with van der Waals surface area (Å²) in [5, 5.41) is 17.0. The Labute approximate surface area is 115 Å². The third-order valence-corrected chi connectivity index (χ3v) is 2.90. The zero-order chi connectivity index (χ0) is 14.9. The van der Waals surface area contributed by atoms with Gasteiger partial charge in [0.05, 0.1) is 18.0 Å². The molecule has 106 valence electrons. The molecule has 2 rings (SSSR count). The van der Waals surface area contributed by atoms with Gasteiger partial charge >= 0.3 is 5.97 Å². The number of aryl methyl sites for hydroxylation is 2. The van der Waals surface area contributed by atoms with Crippen molar-refractivity contribution in [2.45, 2.75) is 6.54 Å². The highest BCUT2D eigenvalue weighted by molar-refractivity contribution is 6.03. The Morgan fingerprint density at radius 3 is 2.55 bits per heavy atom. The van der Waals surface area contributed by atoms with Crippen molar-refractivity contribution in [2.24, 2.45) is 14.1 Å². The highest BCUT2D eigenvalue weighted by atomic mass is 16.4. The molecule has 0 aliphatic rings. The first-order chi connectivity index (χ1) is 9.40. The van der Waals surface area contributed by atoms with Gasteiger partial charge in [-0.3, -0.25) is 14.2 Å². The van der Waals surface area contributed by atoms with Crippen LogP contribution in [0, 0.1) is 0 Å². The number of carboxylic acid groups (broad SMARTS) is 1. The van der Waals surface area contributed by atoms with Crippen molar-refractivity contribution in [3.8, 4) is 0 Å². The van der Waals surface area contributed by atoms with Crippen LogP contribution in [0.1, 0.15) is 26.4 Å². The monoisotopic (exact) mass is 277 g/mol. The minimum absolute atomic E-state index is 0.0754. The van der Waals surface area contributed by atoms with Crippen LogP contribution in [0.25, 0.3) is 0 Å². The maximum atomic E-state index is 12.3. The van der Waals surface area contributed by atoms with Gasteiger partial charge in [0.25, 0.3) is 5.91 Å². The van der Waals surface area contributed by atoms with Crippen molar-refractivity contribution < 1.29 is 14.7 Å². The number of amides is 1. The Hall–Kier alpha value is -2.64. The summed E-state index contributed by atoms with van der Waals surface area (Å²) in [7, 11) is 4.88. The molecule has 1 N–H and O–H groups in total. The summed E-state index contributed by atoms with van der Waals surface area (Å²) in [4.78, 5) is 24.9. The average molecular weight is 277 g/mol. The molecule has 0 radical (unpaired) electrons. The van der Waals surface area contributed by atoms with E-state index in [1.807, 2.05) is 0 Å². The molecule has 0 saturated carbocycles. The predicted octanol–water partition coefficient (Wildman–Crippen LogP) is 0.124. The van der Waals surface area contributed by atoms with E-state index in [1.54, 1.807) is 31.2 Å². The molecule has 0 saturated heterocycles. The molecule has 8 nitrogen and oxygen atoms in total. The lowest BCUT2D eigenvalue weighted by Gasteiger charge is -2.15. The quantitative estimate of drug-likeness (QED) is 0.857. The van der Waals surface area contributed by atoms with Crippen LogP contribution in [0.15, 0.2) is 18.6 Å². The van der Waals surface area contributed by atoms with Gasteiger partial charge in [0, 0.05) is 39.4 Å². The molecule has 0 spiro atoms. The van der Waals surface area contributed by atoms with Crippen molar-refractivity contribution in [1.29, 1.82) is 0 Å². The molecule has 0 unspecified atom stereocenters. The van der Waals surface area contributed by atoms with Crippen LogP contribution in [0.4, 0.5) is 0 Å². The van der Waals surface area contributed by atoms with Gasteiger partial charge in [-0.25, -0.2) is 4.79 Å². The summed E-state index contributed by atoms with van der Waals surface area (Å²) in [5.74, 6) is -1.57. The fraction of sp³-hybridized carbons (Fsp3) is 0.333. The van der Waals surface area contributed by atoms with Crippen LogP contribution in [-0.2, 0) is 20.6 Å². The van der Waals surface area contributed by atoms with E-state index in [0.717, 1.165) is 5.56 Å². The van der Waals surface area contributed by atoms with Gasteiger partial charge in [-0.1, -0.05) is 0 Å². The van der Waals surface area contributed by atoms with E-state index in [0.29, 0.717) is 6.54 Å². The molecule has 2 heterocycles. The second kappa shape index (κ2) is 5.16. The molecule has 0 atom stereocenters. The minimum atomic E-state index is -1.18. The van der Waals surface area contributed by atoms with Crippen LogP contribution in [0.3, 0.4) is 0 Å². The molecule has 0 aliphatic heterocycles. The lowest BCUT2D eigenvalue weighted by molar-refractivity contribution is 0.0669. The molecule has 8 heteroatoms. The summed E-state index contributed by atoms with van der Waals surface area (Å²) in [6, 6.07) is 0. The molecule has 2 aromatic heterocycles. The van der Waals surface area contributed by atoms with E-state index in [4.69, 9.17) is 5.11 Å². The SMILES string of the molecule is CN(Cc1cnn(C)c1)C(=O)c1cnn(C)c1C(=O)O. The van der Waals surface area contributed by atoms with E-state index >= 15 is 0 Å². The first kappa shape index (κ1) is 13.8. The highest BCUT2D eigenvalue weighted by Gasteiger charge is 2.24. The summed E-state index contributed by atoms with van der Waals surface area (Å²) < 4.78 is 2.81. The molecular weight excluding hydrogens is 262 g/mol. The molecule has 0 aromatic carbocycles. The van der Waals surface area contributed by atoms with Crippen molar-refractivity contribution in [3.05, 3.63) is 35.4 Å². The van der Waals surface area contributed by atoms with Crippen LogP contribution in [-0.4, -0.2) is 48.5 Å². The summed E-state index contributed by atoms with van der Waals surface area (Å²) in [6.45, 7) is 0.348. The first-order valence-corrected chi connectivity index (χ1v) is 5.88. The van der Waals surface area contributed by atoms with E-state index in [1.165, 1.54) is 22.8 Å². The van der Waals surface area contributed by atoms with Crippen LogP contribution < -0.4 is 0 Å². The Morgan fingerprint density at radius 2 is 2.00 bits per heavy atom. The summed E-state index contributed by atoms with van der Waals surface area (Å²) in [5.41, 5.74) is 0.823. The largest absolute Gasteiger partial charge is 0.477 e. The van der Waals surface area contributed by atoms with Gasteiger partial charge in [0.2, 0.25) is 0 Å². The van der Waals surface area contributed by atoms with Gasteiger partial charge in [0.15, 0.2) is 5.69 Å². The van der Waals surface area contributed by atoms with E-state index in [-0.39, 0.29) is 17.2 Å². The molecule has 0 aliphatic carbocycles. The Bertz CT molecular complexity index is 658. The second-order valence-electron chi connectivity index (χ2n) is 4.52. The maximum Gasteiger partial charge on any atom is 0.354 e. The lowest BCUT2D eigenvalue weighted by atomic mass is 10.2. The number of aromatic nitrogens is 4. The first-order valence-electron chi connectivity index (χ1n) is 5.88. The molecule has 1 amide bonds. The number of carbonyl (C=O) groups excluding carboxylic acids is 1. The Kier molecular flexibility index (Phi) is 3.55. The number of hydrogen-bond acceptors (Lipinski definition) is 4. The van der Waals surface area contributed by atoms with Gasteiger partial charge in [-0.2, -0.15) is 10.2 Å². The van der Waals surface area contributed by atoms with Crippen LogP contribution in [0.5, 0.6) is 0 Å². The van der Waals surface area contributed by atoms with E-state index < -0.39 is 5.97 Å². The molecule has 0 bridgehead atoms. The summed E-state index contributed by atoms with van der Waals surface area (Å²) in [6.07, 6.45) is 4.72. The Balaban J connectivity index is 2.21. The third kappa shape index (κ3) is 2.53. The number of nitrogens with zero attached hydrogens (tertiary/aromatic N) is 5.